The van der Waals surface area contributed by atoms with E-state index in [4.69, 9.17) is 4.74 Å². The van der Waals surface area contributed by atoms with Gasteiger partial charge in [-0.15, -0.1) is 0 Å². The number of nitrogens with one attached hydrogen (secondary N) is 1. The van der Waals surface area contributed by atoms with Crippen LogP contribution in [0.2, 0.25) is 0 Å². The zero-order valence-electron chi connectivity index (χ0n) is 14.2. The van der Waals surface area contributed by atoms with Crippen molar-refractivity contribution in [3.8, 4) is 0 Å². The Labute approximate surface area is 141 Å². The van der Waals surface area contributed by atoms with E-state index in [1.807, 2.05) is 18.2 Å². The monoisotopic (exact) mass is 332 g/mol. The summed E-state index contributed by atoms with van der Waals surface area (Å²) in [4.78, 5) is 15.8. The van der Waals surface area contributed by atoms with Crippen LogP contribution in [0.1, 0.15) is 38.9 Å². The second-order valence-corrected chi connectivity index (χ2v) is 6.69. The summed E-state index contributed by atoms with van der Waals surface area (Å²) in [5.74, 6) is 0. The Morgan fingerprint density at radius 1 is 1.29 bits per heavy atom. The molecule has 0 fully saturated rings. The third-order valence-electron chi connectivity index (χ3n) is 3.44. The molecule has 2 aromatic rings. The lowest BCUT2D eigenvalue weighted by Crippen LogP contribution is -2.34. The lowest BCUT2D eigenvalue weighted by atomic mass is 10.0. The van der Waals surface area contributed by atoms with Crippen molar-refractivity contribution >= 4 is 17.0 Å². The Bertz CT molecular complexity index is 697. The van der Waals surface area contributed by atoms with E-state index >= 15 is 0 Å². The fourth-order valence-electron chi connectivity index (χ4n) is 2.28. The molecule has 2 unspecified atom stereocenters. The van der Waals surface area contributed by atoms with Gasteiger partial charge in [-0.3, -0.25) is 4.98 Å². The first-order chi connectivity index (χ1) is 11.3. The van der Waals surface area contributed by atoms with Gasteiger partial charge in [0.05, 0.1) is 11.6 Å². The third kappa shape index (κ3) is 5.18. The zero-order valence-corrected chi connectivity index (χ0v) is 14.2. The van der Waals surface area contributed by atoms with Gasteiger partial charge in [0.15, 0.2) is 0 Å². The second kappa shape index (κ2) is 7.59. The topological polar surface area (TPSA) is 91.7 Å². The van der Waals surface area contributed by atoms with E-state index in [0.717, 1.165) is 10.9 Å². The Morgan fingerprint density at radius 2 is 2.04 bits per heavy atom. The van der Waals surface area contributed by atoms with Crippen LogP contribution in [0.15, 0.2) is 36.5 Å². The standard InChI is InChI=1S/C18H24N2O4/c1-18(2,3)24-17(23)20-10-8-15(21)16(22)13-7-6-12-5-4-9-19-14(12)11-13/h4-7,9,11,15-16,21-22H,8,10H2,1-3H3,(H,20,23). The number of benzene rings is 1. The molecule has 0 bridgehead atoms. The maximum absolute atomic E-state index is 11.5. The zero-order chi connectivity index (χ0) is 17.7. The number of carbonyl (C=O) groups is 1. The van der Waals surface area contributed by atoms with Gasteiger partial charge in [-0.2, -0.15) is 0 Å². The van der Waals surface area contributed by atoms with Gasteiger partial charge in [0.2, 0.25) is 0 Å². The van der Waals surface area contributed by atoms with Crippen molar-refractivity contribution in [3.05, 3.63) is 42.1 Å². The molecule has 0 saturated carbocycles. The molecule has 1 amide bonds. The number of amides is 1. The molecule has 130 valence electrons. The molecule has 0 saturated heterocycles. The average Bonchev–Trinajstić information content (AvgIpc) is 2.51. The first kappa shape index (κ1) is 18.2. The van der Waals surface area contributed by atoms with Crippen molar-refractivity contribution < 1.29 is 19.7 Å². The van der Waals surface area contributed by atoms with Gasteiger partial charge in [0.25, 0.3) is 0 Å². The molecule has 0 aliphatic heterocycles. The molecule has 24 heavy (non-hydrogen) atoms. The summed E-state index contributed by atoms with van der Waals surface area (Å²) in [6.07, 6.45) is -0.697. The molecule has 0 spiro atoms. The average molecular weight is 332 g/mol. The molecule has 1 aromatic carbocycles. The summed E-state index contributed by atoms with van der Waals surface area (Å²) in [7, 11) is 0. The lowest BCUT2D eigenvalue weighted by Gasteiger charge is -2.21. The Hall–Kier alpha value is -2.18. The highest BCUT2D eigenvalue weighted by atomic mass is 16.6. The number of carbonyl (C=O) groups excluding carboxylic acids is 1. The molecule has 2 atom stereocenters. The van der Waals surface area contributed by atoms with Gasteiger partial charge in [0.1, 0.15) is 11.7 Å². The normalized spacial score (nSPS) is 14.2. The van der Waals surface area contributed by atoms with Crippen LogP contribution in [0.5, 0.6) is 0 Å². The van der Waals surface area contributed by atoms with E-state index in [1.165, 1.54) is 0 Å². The number of ether oxygens (including phenoxy) is 1. The van der Waals surface area contributed by atoms with Crippen LogP contribution in [0.25, 0.3) is 10.9 Å². The number of rotatable bonds is 5. The van der Waals surface area contributed by atoms with E-state index in [2.05, 4.69) is 10.3 Å². The van der Waals surface area contributed by atoms with Crippen LogP contribution < -0.4 is 5.32 Å². The molecule has 1 heterocycles. The van der Waals surface area contributed by atoms with Crippen LogP contribution in [-0.4, -0.2) is 39.5 Å². The lowest BCUT2D eigenvalue weighted by molar-refractivity contribution is 0.0124. The molecule has 1 aromatic heterocycles. The predicted molar refractivity (Wildman–Crippen MR) is 91.6 cm³/mol. The summed E-state index contributed by atoms with van der Waals surface area (Å²) in [5, 5.41) is 23.9. The summed E-state index contributed by atoms with van der Waals surface area (Å²) in [6.45, 7) is 5.54. The number of hydrogen-bond acceptors (Lipinski definition) is 5. The van der Waals surface area contributed by atoms with Crippen molar-refractivity contribution in [2.24, 2.45) is 0 Å². The van der Waals surface area contributed by atoms with Crippen molar-refractivity contribution in [1.82, 2.24) is 10.3 Å². The summed E-state index contributed by atoms with van der Waals surface area (Å²) < 4.78 is 5.11. The number of fused-ring (bicyclic) bond motifs is 1. The highest BCUT2D eigenvalue weighted by Gasteiger charge is 2.20. The molecular weight excluding hydrogens is 308 g/mol. The molecule has 2 rings (SSSR count). The Morgan fingerprint density at radius 3 is 2.75 bits per heavy atom. The number of alkyl carbamates (subject to hydrolysis) is 1. The van der Waals surface area contributed by atoms with Gasteiger partial charge < -0.3 is 20.3 Å². The minimum atomic E-state index is -1.04. The number of aliphatic hydroxyl groups excluding tert-OH is 2. The quantitative estimate of drug-likeness (QED) is 0.782. The smallest absolute Gasteiger partial charge is 0.407 e. The number of pyridine rings is 1. The second-order valence-electron chi connectivity index (χ2n) is 6.69. The molecule has 0 aliphatic rings. The van der Waals surface area contributed by atoms with Gasteiger partial charge in [-0.05, 0) is 44.9 Å². The maximum atomic E-state index is 11.5. The summed E-state index contributed by atoms with van der Waals surface area (Å²) in [5.41, 5.74) is 0.777. The SMILES string of the molecule is CC(C)(C)OC(=O)NCCC(O)C(O)c1ccc2cccnc2c1. The van der Waals surface area contributed by atoms with Crippen molar-refractivity contribution in [3.63, 3.8) is 0 Å². The van der Waals surface area contributed by atoms with Crippen LogP contribution in [0.3, 0.4) is 0 Å². The van der Waals surface area contributed by atoms with E-state index in [-0.39, 0.29) is 13.0 Å². The summed E-state index contributed by atoms with van der Waals surface area (Å²) in [6, 6.07) is 9.14. The van der Waals surface area contributed by atoms with Crippen LogP contribution in [0.4, 0.5) is 4.79 Å². The number of aliphatic hydroxyl groups is 2. The number of aromatic nitrogens is 1. The van der Waals surface area contributed by atoms with Crippen LogP contribution >= 0.6 is 0 Å². The first-order valence-electron chi connectivity index (χ1n) is 7.94. The minimum Gasteiger partial charge on any atom is -0.444 e. The predicted octanol–water partition coefficient (Wildman–Crippen LogP) is 2.54. The van der Waals surface area contributed by atoms with E-state index in [1.54, 1.807) is 39.1 Å². The Kier molecular flexibility index (Phi) is 5.75. The maximum Gasteiger partial charge on any atom is 0.407 e. The molecule has 6 nitrogen and oxygen atoms in total. The van der Waals surface area contributed by atoms with Gasteiger partial charge in [-0.1, -0.05) is 18.2 Å². The molecule has 0 aliphatic carbocycles. The highest BCUT2D eigenvalue weighted by molar-refractivity contribution is 5.78. The van der Waals surface area contributed by atoms with Gasteiger partial charge in [0, 0.05) is 18.1 Å². The largest absolute Gasteiger partial charge is 0.444 e. The highest BCUT2D eigenvalue weighted by Crippen LogP contribution is 2.22. The van der Waals surface area contributed by atoms with Crippen molar-refractivity contribution in [2.45, 2.75) is 45.0 Å². The number of hydrogen-bond donors (Lipinski definition) is 3. The molecule has 6 heteroatoms. The Balaban J connectivity index is 1.89. The van der Waals surface area contributed by atoms with Crippen molar-refractivity contribution in [2.75, 3.05) is 6.54 Å². The summed E-state index contributed by atoms with van der Waals surface area (Å²) >= 11 is 0. The van der Waals surface area contributed by atoms with E-state index in [0.29, 0.717) is 5.56 Å². The van der Waals surface area contributed by atoms with E-state index < -0.39 is 23.9 Å². The van der Waals surface area contributed by atoms with Crippen molar-refractivity contribution in [1.29, 1.82) is 0 Å². The minimum absolute atomic E-state index is 0.207. The molecule has 3 N–H and O–H groups in total. The van der Waals surface area contributed by atoms with Gasteiger partial charge >= 0.3 is 6.09 Å². The number of nitrogens with zero attached hydrogens (tertiary/aromatic N) is 1. The van der Waals surface area contributed by atoms with Crippen LogP contribution in [-0.2, 0) is 4.74 Å². The van der Waals surface area contributed by atoms with Gasteiger partial charge in [-0.25, -0.2) is 4.79 Å². The molecule has 0 radical (unpaired) electrons. The third-order valence-corrected chi connectivity index (χ3v) is 3.44. The van der Waals surface area contributed by atoms with Crippen LogP contribution in [0, 0.1) is 0 Å². The fraction of sp³-hybridized carbons (Fsp3) is 0.444. The first-order valence-corrected chi connectivity index (χ1v) is 7.94. The fourth-order valence-corrected chi connectivity index (χ4v) is 2.28. The van der Waals surface area contributed by atoms with E-state index in [9.17, 15) is 15.0 Å². The molecular formula is C18H24N2O4.